The standard InChI is InChI=1S/C19H25N5O2.ClH/c1-13(2)11-17-21-16(23-26-17)12-24-15-6-4-3-5-14(15)22-19(18(24)25)7-9-20-10-8-19;/h3-6,13,20,22H,7-12H2,1-2H3;1H. The summed E-state index contributed by atoms with van der Waals surface area (Å²) >= 11 is 0. The monoisotopic (exact) mass is 391 g/mol. The zero-order valence-electron chi connectivity index (χ0n) is 15.7. The van der Waals surface area contributed by atoms with Gasteiger partial charge in [0.25, 0.3) is 5.91 Å². The lowest BCUT2D eigenvalue weighted by molar-refractivity contribution is -0.124. The van der Waals surface area contributed by atoms with Crippen LogP contribution in [0.25, 0.3) is 0 Å². The molecular formula is C19H26ClN5O2. The largest absolute Gasteiger partial charge is 0.369 e. The summed E-state index contributed by atoms with van der Waals surface area (Å²) in [5, 5.41) is 10.9. The maximum atomic E-state index is 13.4. The Morgan fingerprint density at radius 3 is 2.74 bits per heavy atom. The molecule has 0 atom stereocenters. The fourth-order valence-corrected chi connectivity index (χ4v) is 3.77. The number of carbonyl (C=O) groups excluding carboxylic acids is 1. The van der Waals surface area contributed by atoms with Crippen LogP contribution in [0, 0.1) is 5.92 Å². The predicted molar refractivity (Wildman–Crippen MR) is 106 cm³/mol. The molecule has 1 saturated heterocycles. The Morgan fingerprint density at radius 2 is 2.00 bits per heavy atom. The van der Waals surface area contributed by atoms with Crippen LogP contribution in [0.2, 0.25) is 0 Å². The van der Waals surface area contributed by atoms with Gasteiger partial charge in [0.2, 0.25) is 5.89 Å². The van der Waals surface area contributed by atoms with Gasteiger partial charge in [0, 0.05) is 6.42 Å². The van der Waals surface area contributed by atoms with Crippen LogP contribution >= 0.6 is 12.4 Å². The van der Waals surface area contributed by atoms with E-state index in [2.05, 4.69) is 34.6 Å². The number of para-hydroxylation sites is 2. The number of anilines is 2. The Hall–Kier alpha value is -2.12. The van der Waals surface area contributed by atoms with Crippen LogP contribution in [0.5, 0.6) is 0 Å². The molecule has 1 aromatic heterocycles. The van der Waals surface area contributed by atoms with Crippen molar-refractivity contribution in [2.75, 3.05) is 23.3 Å². The first-order valence-corrected chi connectivity index (χ1v) is 9.29. The summed E-state index contributed by atoms with van der Waals surface area (Å²) in [6, 6.07) is 7.92. The normalized spacial score (nSPS) is 18.2. The van der Waals surface area contributed by atoms with Gasteiger partial charge in [0.05, 0.1) is 17.9 Å². The maximum absolute atomic E-state index is 13.4. The average Bonchev–Trinajstić information content (AvgIpc) is 3.06. The summed E-state index contributed by atoms with van der Waals surface area (Å²) in [5.41, 5.74) is 1.31. The minimum Gasteiger partial charge on any atom is -0.369 e. The van der Waals surface area contributed by atoms with E-state index in [4.69, 9.17) is 4.52 Å². The molecule has 2 aromatic rings. The minimum absolute atomic E-state index is 0. The number of nitrogens with zero attached hydrogens (tertiary/aromatic N) is 3. The van der Waals surface area contributed by atoms with Crippen molar-refractivity contribution >= 4 is 29.7 Å². The topological polar surface area (TPSA) is 83.3 Å². The quantitative estimate of drug-likeness (QED) is 0.833. The summed E-state index contributed by atoms with van der Waals surface area (Å²) in [7, 11) is 0. The van der Waals surface area contributed by atoms with Gasteiger partial charge in [-0.3, -0.25) is 4.79 Å². The second kappa shape index (κ2) is 7.86. The number of rotatable bonds is 4. The minimum atomic E-state index is -0.551. The van der Waals surface area contributed by atoms with E-state index in [1.54, 1.807) is 4.90 Å². The summed E-state index contributed by atoms with van der Waals surface area (Å²) in [6.45, 7) is 6.21. The molecule has 2 N–H and O–H groups in total. The summed E-state index contributed by atoms with van der Waals surface area (Å²) in [6.07, 6.45) is 2.28. The van der Waals surface area contributed by atoms with Crippen LogP contribution in [-0.2, 0) is 17.8 Å². The van der Waals surface area contributed by atoms with Crippen molar-refractivity contribution in [2.24, 2.45) is 5.92 Å². The highest BCUT2D eigenvalue weighted by Crippen LogP contribution is 2.39. The number of fused-ring (bicyclic) bond motifs is 1. The highest BCUT2D eigenvalue weighted by atomic mass is 35.5. The number of halogens is 1. The van der Waals surface area contributed by atoms with E-state index in [0.717, 1.165) is 43.7 Å². The van der Waals surface area contributed by atoms with Crippen molar-refractivity contribution in [1.82, 2.24) is 15.5 Å². The van der Waals surface area contributed by atoms with Crippen molar-refractivity contribution in [2.45, 2.75) is 45.2 Å². The molecule has 1 amide bonds. The van der Waals surface area contributed by atoms with E-state index < -0.39 is 5.54 Å². The van der Waals surface area contributed by atoms with Crippen LogP contribution in [0.4, 0.5) is 11.4 Å². The molecular weight excluding hydrogens is 366 g/mol. The van der Waals surface area contributed by atoms with Gasteiger partial charge in [-0.1, -0.05) is 31.1 Å². The number of hydrogen-bond donors (Lipinski definition) is 2. The molecule has 1 aromatic carbocycles. The number of aromatic nitrogens is 2. The van der Waals surface area contributed by atoms with Crippen molar-refractivity contribution in [3.8, 4) is 0 Å². The van der Waals surface area contributed by atoms with E-state index in [0.29, 0.717) is 24.2 Å². The molecule has 2 aliphatic heterocycles. The molecule has 0 aliphatic carbocycles. The van der Waals surface area contributed by atoms with Crippen molar-refractivity contribution < 1.29 is 9.32 Å². The molecule has 0 unspecified atom stereocenters. The summed E-state index contributed by atoms with van der Waals surface area (Å²) in [4.78, 5) is 19.7. The molecule has 4 rings (SSSR count). The van der Waals surface area contributed by atoms with Gasteiger partial charge >= 0.3 is 0 Å². The molecule has 1 fully saturated rings. The SMILES string of the molecule is CC(C)Cc1nc(CN2C(=O)C3(CCNCC3)Nc3ccccc32)no1.Cl. The third-order valence-electron chi connectivity index (χ3n) is 5.07. The summed E-state index contributed by atoms with van der Waals surface area (Å²) < 4.78 is 5.35. The van der Waals surface area contributed by atoms with E-state index >= 15 is 0 Å². The first kappa shape index (κ1) is 19.6. The fourth-order valence-electron chi connectivity index (χ4n) is 3.77. The lowest BCUT2D eigenvalue weighted by Gasteiger charge is -2.45. The van der Waals surface area contributed by atoms with Crippen molar-refractivity contribution in [1.29, 1.82) is 0 Å². The van der Waals surface area contributed by atoms with Crippen LogP contribution in [0.15, 0.2) is 28.8 Å². The zero-order chi connectivity index (χ0) is 18.1. The highest BCUT2D eigenvalue weighted by Gasteiger charge is 2.46. The predicted octanol–water partition coefficient (Wildman–Crippen LogP) is 2.77. The molecule has 3 heterocycles. The van der Waals surface area contributed by atoms with Gasteiger partial charge in [0.1, 0.15) is 5.54 Å². The number of piperidine rings is 1. The Bertz CT molecular complexity index is 801. The fraction of sp³-hybridized carbons (Fsp3) is 0.526. The Morgan fingerprint density at radius 1 is 1.26 bits per heavy atom. The number of carbonyl (C=O) groups is 1. The van der Waals surface area contributed by atoms with E-state index in [1.165, 1.54) is 0 Å². The smallest absolute Gasteiger partial charge is 0.253 e. The zero-order valence-corrected chi connectivity index (χ0v) is 16.5. The average molecular weight is 392 g/mol. The van der Waals surface area contributed by atoms with Gasteiger partial charge < -0.3 is 20.1 Å². The van der Waals surface area contributed by atoms with Gasteiger partial charge in [-0.15, -0.1) is 12.4 Å². The molecule has 1 spiro atoms. The van der Waals surface area contributed by atoms with E-state index in [9.17, 15) is 4.79 Å². The molecule has 7 nitrogen and oxygen atoms in total. The van der Waals surface area contributed by atoms with Crippen LogP contribution in [0.3, 0.4) is 0 Å². The Labute approximate surface area is 165 Å². The molecule has 0 radical (unpaired) electrons. The molecule has 146 valence electrons. The summed E-state index contributed by atoms with van der Waals surface area (Å²) in [5.74, 6) is 1.72. The lowest BCUT2D eigenvalue weighted by atomic mass is 9.84. The van der Waals surface area contributed by atoms with Gasteiger partial charge in [0.15, 0.2) is 5.82 Å². The van der Waals surface area contributed by atoms with Crippen molar-refractivity contribution in [3.63, 3.8) is 0 Å². The second-order valence-corrected chi connectivity index (χ2v) is 7.57. The lowest BCUT2D eigenvalue weighted by Crippen LogP contribution is -2.61. The third-order valence-corrected chi connectivity index (χ3v) is 5.07. The highest BCUT2D eigenvalue weighted by molar-refractivity contribution is 6.07. The molecule has 8 heteroatoms. The van der Waals surface area contributed by atoms with Crippen LogP contribution in [-0.4, -0.2) is 34.7 Å². The van der Waals surface area contributed by atoms with Crippen molar-refractivity contribution in [3.05, 3.63) is 36.0 Å². The Balaban J connectivity index is 0.00000210. The number of benzene rings is 1. The molecule has 27 heavy (non-hydrogen) atoms. The number of amides is 1. The Kier molecular flexibility index (Phi) is 5.72. The van der Waals surface area contributed by atoms with Crippen LogP contribution in [0.1, 0.15) is 38.4 Å². The van der Waals surface area contributed by atoms with Gasteiger partial charge in [-0.25, -0.2) is 0 Å². The first-order valence-electron chi connectivity index (χ1n) is 9.29. The maximum Gasteiger partial charge on any atom is 0.253 e. The second-order valence-electron chi connectivity index (χ2n) is 7.57. The van der Waals surface area contributed by atoms with E-state index in [1.807, 2.05) is 24.3 Å². The number of nitrogens with one attached hydrogen (secondary N) is 2. The van der Waals surface area contributed by atoms with Gasteiger partial charge in [-0.2, -0.15) is 4.98 Å². The van der Waals surface area contributed by atoms with Gasteiger partial charge in [-0.05, 0) is 44.0 Å². The molecule has 2 aliphatic rings. The molecule has 0 bridgehead atoms. The van der Waals surface area contributed by atoms with E-state index in [-0.39, 0.29) is 18.3 Å². The third kappa shape index (κ3) is 3.80. The first-order chi connectivity index (χ1) is 12.6. The number of hydrogen-bond acceptors (Lipinski definition) is 6. The van der Waals surface area contributed by atoms with Crippen LogP contribution < -0.4 is 15.5 Å². The molecule has 0 saturated carbocycles.